The third-order valence-electron chi connectivity index (χ3n) is 2.79. The van der Waals surface area contributed by atoms with Crippen LogP contribution in [0.3, 0.4) is 0 Å². The molecular weight excluding hydrogens is 245 g/mol. The van der Waals surface area contributed by atoms with Gasteiger partial charge in [0.25, 0.3) is 0 Å². The number of nitrogens with two attached hydrogens (primary N) is 1. The number of halogens is 3. The van der Waals surface area contributed by atoms with Crippen LogP contribution in [0.1, 0.15) is 25.8 Å². The van der Waals surface area contributed by atoms with Crippen LogP contribution >= 0.6 is 0 Å². The molecule has 4 N–H and O–H groups in total. The van der Waals surface area contributed by atoms with E-state index in [1.54, 1.807) is 13.8 Å². The lowest BCUT2D eigenvalue weighted by Gasteiger charge is -2.22. The minimum Gasteiger partial charge on any atom is -0.398 e. The summed E-state index contributed by atoms with van der Waals surface area (Å²) in [6, 6.07) is 3.60. The highest BCUT2D eigenvalue weighted by molar-refractivity contribution is 5.58. The van der Waals surface area contributed by atoms with E-state index in [1.165, 1.54) is 12.1 Å². The molecule has 18 heavy (non-hydrogen) atoms. The van der Waals surface area contributed by atoms with Crippen molar-refractivity contribution < 1.29 is 18.3 Å². The quantitative estimate of drug-likeness (QED) is 0.731. The molecule has 0 aliphatic carbocycles. The van der Waals surface area contributed by atoms with Crippen molar-refractivity contribution >= 4 is 11.4 Å². The third kappa shape index (κ3) is 3.80. The highest BCUT2D eigenvalue weighted by Gasteiger charge is 2.33. The van der Waals surface area contributed by atoms with Crippen LogP contribution in [0, 0.1) is 0 Å². The standard InChI is InChI=1S/C12H17F3N2O/c1-3-11(2,18)7-17-8-4-5-10(16)9(6-8)12(13,14)15/h4-6,17-18H,3,7,16H2,1-2H3. The molecule has 0 radical (unpaired) electrons. The molecule has 1 aromatic rings. The Morgan fingerprint density at radius 2 is 1.94 bits per heavy atom. The molecule has 0 heterocycles. The lowest BCUT2D eigenvalue weighted by molar-refractivity contribution is -0.136. The summed E-state index contributed by atoms with van der Waals surface area (Å²) in [5.41, 5.74) is 3.43. The van der Waals surface area contributed by atoms with Crippen LogP contribution in [0.15, 0.2) is 18.2 Å². The highest BCUT2D eigenvalue weighted by Crippen LogP contribution is 2.35. The highest BCUT2D eigenvalue weighted by atomic mass is 19.4. The molecule has 1 atom stereocenters. The minimum atomic E-state index is -4.48. The number of aliphatic hydroxyl groups is 1. The monoisotopic (exact) mass is 262 g/mol. The first-order chi connectivity index (χ1) is 8.15. The average molecular weight is 262 g/mol. The number of benzene rings is 1. The molecule has 0 fully saturated rings. The van der Waals surface area contributed by atoms with Crippen LogP contribution in [-0.2, 0) is 6.18 Å². The number of nitrogen functional groups attached to an aromatic ring is 1. The van der Waals surface area contributed by atoms with Crippen molar-refractivity contribution in [3.63, 3.8) is 0 Å². The van der Waals surface area contributed by atoms with E-state index in [1.807, 2.05) is 0 Å². The van der Waals surface area contributed by atoms with Gasteiger partial charge < -0.3 is 16.2 Å². The molecule has 0 spiro atoms. The predicted molar refractivity (Wildman–Crippen MR) is 65.3 cm³/mol. The van der Waals surface area contributed by atoms with Gasteiger partial charge >= 0.3 is 6.18 Å². The fraction of sp³-hybridized carbons (Fsp3) is 0.500. The van der Waals surface area contributed by atoms with Gasteiger partial charge in [-0.1, -0.05) is 6.92 Å². The van der Waals surface area contributed by atoms with Gasteiger partial charge in [-0.3, -0.25) is 0 Å². The van der Waals surface area contributed by atoms with Crippen molar-refractivity contribution in [2.75, 3.05) is 17.6 Å². The molecule has 0 amide bonds. The van der Waals surface area contributed by atoms with Gasteiger partial charge in [0.2, 0.25) is 0 Å². The minimum absolute atomic E-state index is 0.171. The summed E-state index contributed by atoms with van der Waals surface area (Å²) in [4.78, 5) is 0. The van der Waals surface area contributed by atoms with Crippen molar-refractivity contribution in [2.45, 2.75) is 32.0 Å². The Balaban J connectivity index is 2.87. The molecule has 102 valence electrons. The van der Waals surface area contributed by atoms with Crippen LogP contribution in [0.4, 0.5) is 24.5 Å². The second-order valence-electron chi connectivity index (χ2n) is 4.50. The van der Waals surface area contributed by atoms with Gasteiger partial charge in [0.05, 0.1) is 11.2 Å². The Kier molecular flexibility index (Phi) is 4.11. The fourth-order valence-corrected chi connectivity index (χ4v) is 1.33. The lowest BCUT2D eigenvalue weighted by atomic mass is 10.0. The van der Waals surface area contributed by atoms with E-state index in [0.717, 1.165) is 6.07 Å². The fourth-order valence-electron chi connectivity index (χ4n) is 1.33. The molecule has 0 saturated heterocycles. The molecule has 3 nitrogen and oxygen atoms in total. The van der Waals surface area contributed by atoms with Crippen LogP contribution in [0.2, 0.25) is 0 Å². The van der Waals surface area contributed by atoms with Gasteiger partial charge in [-0.25, -0.2) is 0 Å². The van der Waals surface area contributed by atoms with Crippen molar-refractivity contribution in [3.05, 3.63) is 23.8 Å². The molecule has 1 unspecified atom stereocenters. The smallest absolute Gasteiger partial charge is 0.398 e. The number of nitrogens with one attached hydrogen (secondary N) is 1. The molecule has 1 aromatic carbocycles. The number of anilines is 2. The summed E-state index contributed by atoms with van der Waals surface area (Å²) in [5.74, 6) is 0. The van der Waals surface area contributed by atoms with Crippen molar-refractivity contribution in [3.8, 4) is 0 Å². The third-order valence-corrected chi connectivity index (χ3v) is 2.79. The Morgan fingerprint density at radius 1 is 1.33 bits per heavy atom. The topological polar surface area (TPSA) is 58.3 Å². The largest absolute Gasteiger partial charge is 0.418 e. The molecule has 0 saturated carbocycles. The zero-order valence-electron chi connectivity index (χ0n) is 10.3. The molecular formula is C12H17F3N2O. The number of hydrogen-bond donors (Lipinski definition) is 3. The maximum Gasteiger partial charge on any atom is 0.418 e. The van der Waals surface area contributed by atoms with E-state index >= 15 is 0 Å². The van der Waals surface area contributed by atoms with E-state index in [0.29, 0.717) is 6.42 Å². The zero-order chi connectivity index (χ0) is 14.0. The number of rotatable bonds is 4. The molecule has 0 bridgehead atoms. The SMILES string of the molecule is CCC(C)(O)CNc1ccc(N)c(C(F)(F)F)c1. The first kappa shape index (κ1) is 14.6. The van der Waals surface area contributed by atoms with Gasteiger partial charge in [0.15, 0.2) is 0 Å². The van der Waals surface area contributed by atoms with Crippen LogP contribution in [0.25, 0.3) is 0 Å². The van der Waals surface area contributed by atoms with Crippen molar-refractivity contribution in [1.29, 1.82) is 0 Å². The molecule has 0 aromatic heterocycles. The van der Waals surface area contributed by atoms with Crippen molar-refractivity contribution in [2.24, 2.45) is 0 Å². The van der Waals surface area contributed by atoms with Gasteiger partial charge in [-0.15, -0.1) is 0 Å². The summed E-state index contributed by atoms with van der Waals surface area (Å²) in [6.45, 7) is 3.58. The Bertz CT molecular complexity index is 416. The summed E-state index contributed by atoms with van der Waals surface area (Å²) in [5, 5.41) is 12.5. The number of alkyl halides is 3. The van der Waals surface area contributed by atoms with Crippen molar-refractivity contribution in [1.82, 2.24) is 0 Å². The maximum atomic E-state index is 12.6. The first-order valence-corrected chi connectivity index (χ1v) is 5.59. The Labute approximate surface area is 104 Å². The summed E-state index contributed by atoms with van der Waals surface area (Å²) >= 11 is 0. The average Bonchev–Trinajstić information content (AvgIpc) is 2.26. The van der Waals surface area contributed by atoms with Crippen LogP contribution < -0.4 is 11.1 Å². The Hall–Kier alpha value is -1.43. The van der Waals surface area contributed by atoms with Gasteiger partial charge in [0, 0.05) is 17.9 Å². The normalized spacial score (nSPS) is 15.2. The molecule has 0 aliphatic heterocycles. The molecule has 1 rings (SSSR count). The second-order valence-corrected chi connectivity index (χ2v) is 4.50. The summed E-state index contributed by atoms with van der Waals surface area (Å²) in [6.07, 6.45) is -3.98. The predicted octanol–water partition coefficient (Wildman–Crippen LogP) is 2.86. The second kappa shape index (κ2) is 5.06. The van der Waals surface area contributed by atoms with Crippen LogP contribution in [0.5, 0.6) is 0 Å². The lowest BCUT2D eigenvalue weighted by Crippen LogP contribution is -2.32. The summed E-state index contributed by atoms with van der Waals surface area (Å²) in [7, 11) is 0. The van der Waals surface area contributed by atoms with Gasteiger partial charge in [0.1, 0.15) is 0 Å². The number of hydrogen-bond acceptors (Lipinski definition) is 3. The van der Waals surface area contributed by atoms with E-state index in [-0.39, 0.29) is 17.9 Å². The molecule has 6 heteroatoms. The van der Waals surface area contributed by atoms with E-state index in [2.05, 4.69) is 5.32 Å². The summed E-state index contributed by atoms with van der Waals surface area (Å²) < 4.78 is 37.8. The Morgan fingerprint density at radius 3 is 2.44 bits per heavy atom. The molecule has 0 aliphatic rings. The zero-order valence-corrected chi connectivity index (χ0v) is 10.3. The van der Waals surface area contributed by atoms with Gasteiger partial charge in [-0.2, -0.15) is 13.2 Å². The van der Waals surface area contributed by atoms with E-state index in [9.17, 15) is 18.3 Å². The van der Waals surface area contributed by atoms with E-state index < -0.39 is 17.3 Å². The maximum absolute atomic E-state index is 12.6. The van der Waals surface area contributed by atoms with E-state index in [4.69, 9.17) is 5.73 Å². The van der Waals surface area contributed by atoms with Crippen LogP contribution in [-0.4, -0.2) is 17.3 Å². The first-order valence-electron chi connectivity index (χ1n) is 5.59. The van der Waals surface area contributed by atoms with Gasteiger partial charge in [-0.05, 0) is 31.5 Å².